The van der Waals surface area contributed by atoms with Crippen LogP contribution in [0.4, 0.5) is 16.2 Å². The monoisotopic (exact) mass is 465 g/mol. The third-order valence-corrected chi connectivity index (χ3v) is 6.81. The highest BCUT2D eigenvalue weighted by atomic mass is 16.6. The van der Waals surface area contributed by atoms with Crippen LogP contribution in [0, 0.1) is 0 Å². The van der Waals surface area contributed by atoms with Crippen molar-refractivity contribution < 1.29 is 23.8 Å². The summed E-state index contributed by atoms with van der Waals surface area (Å²) in [4.78, 5) is 32.2. The number of nitrogens with zero attached hydrogens (tertiary/aromatic N) is 3. The molecule has 0 radical (unpaired) electrons. The molecule has 1 atom stereocenters. The number of anilines is 2. The molecule has 3 fully saturated rings. The quantitative estimate of drug-likeness (QED) is 0.688. The first-order chi connectivity index (χ1) is 16.6. The van der Waals surface area contributed by atoms with Crippen molar-refractivity contribution in [2.45, 2.75) is 24.9 Å². The van der Waals surface area contributed by atoms with Gasteiger partial charge in [-0.25, -0.2) is 4.79 Å². The van der Waals surface area contributed by atoms with Crippen molar-refractivity contribution in [3.63, 3.8) is 0 Å². The van der Waals surface area contributed by atoms with Gasteiger partial charge in [0, 0.05) is 31.0 Å². The SMILES string of the molecule is COc1ccc(N2CCCCC2)cc1C(=O)N1CCOC[C@@]2(C1)CN(c1ccccc1)C(=O)O2. The molecule has 180 valence electrons. The summed E-state index contributed by atoms with van der Waals surface area (Å²) in [7, 11) is 1.58. The van der Waals surface area contributed by atoms with Crippen LogP contribution in [0.5, 0.6) is 5.75 Å². The Kier molecular flexibility index (Phi) is 6.32. The van der Waals surface area contributed by atoms with Gasteiger partial charge in [-0.2, -0.15) is 0 Å². The highest BCUT2D eigenvalue weighted by molar-refractivity contribution is 5.98. The zero-order chi connectivity index (χ0) is 23.5. The molecule has 34 heavy (non-hydrogen) atoms. The van der Waals surface area contributed by atoms with Gasteiger partial charge in [0.1, 0.15) is 5.75 Å². The summed E-state index contributed by atoms with van der Waals surface area (Å²) in [6.45, 7) is 3.61. The maximum atomic E-state index is 13.8. The van der Waals surface area contributed by atoms with E-state index in [1.807, 2.05) is 48.5 Å². The minimum atomic E-state index is -0.920. The fraction of sp³-hybridized carbons (Fsp3) is 0.462. The van der Waals surface area contributed by atoms with Gasteiger partial charge in [-0.3, -0.25) is 9.69 Å². The van der Waals surface area contributed by atoms with Gasteiger partial charge in [0.15, 0.2) is 5.60 Å². The average molecular weight is 466 g/mol. The van der Waals surface area contributed by atoms with E-state index in [1.54, 1.807) is 16.9 Å². The van der Waals surface area contributed by atoms with E-state index in [2.05, 4.69) is 4.90 Å². The van der Waals surface area contributed by atoms with Crippen LogP contribution in [-0.4, -0.2) is 75.5 Å². The zero-order valence-corrected chi connectivity index (χ0v) is 19.6. The Morgan fingerprint density at radius 1 is 0.971 bits per heavy atom. The van der Waals surface area contributed by atoms with E-state index in [1.165, 1.54) is 6.42 Å². The molecular weight excluding hydrogens is 434 g/mol. The standard InChI is InChI=1S/C26H31N3O5/c1-32-23-11-10-21(27-12-6-3-7-13-27)16-22(23)24(30)28-14-15-33-19-26(17-28)18-29(25(31)34-26)20-8-4-2-5-9-20/h2,4-5,8-11,16H,3,6-7,12-15,17-19H2,1H3/t26-/m1/s1. The summed E-state index contributed by atoms with van der Waals surface area (Å²) in [5, 5.41) is 0. The molecule has 2 aromatic carbocycles. The topological polar surface area (TPSA) is 71.6 Å². The number of hydrogen-bond donors (Lipinski definition) is 0. The second-order valence-electron chi connectivity index (χ2n) is 9.18. The lowest BCUT2D eigenvalue weighted by Gasteiger charge is -2.31. The molecule has 0 bridgehead atoms. The van der Waals surface area contributed by atoms with E-state index >= 15 is 0 Å². The van der Waals surface area contributed by atoms with Gasteiger partial charge in [-0.05, 0) is 49.6 Å². The van der Waals surface area contributed by atoms with Crippen LogP contribution in [0.2, 0.25) is 0 Å². The second-order valence-corrected chi connectivity index (χ2v) is 9.18. The van der Waals surface area contributed by atoms with E-state index in [4.69, 9.17) is 14.2 Å². The van der Waals surface area contributed by atoms with Crippen molar-refractivity contribution in [1.82, 2.24) is 4.90 Å². The Morgan fingerprint density at radius 2 is 1.76 bits per heavy atom. The van der Waals surface area contributed by atoms with Crippen molar-refractivity contribution in [2.24, 2.45) is 0 Å². The number of benzene rings is 2. The Hall–Kier alpha value is -3.26. The highest BCUT2D eigenvalue weighted by Gasteiger charge is 2.49. The van der Waals surface area contributed by atoms with Gasteiger partial charge in [-0.1, -0.05) is 18.2 Å². The first kappa shape index (κ1) is 22.5. The third-order valence-electron chi connectivity index (χ3n) is 6.81. The number of amides is 2. The van der Waals surface area contributed by atoms with E-state index in [0.717, 1.165) is 37.3 Å². The van der Waals surface area contributed by atoms with E-state index < -0.39 is 11.7 Å². The van der Waals surface area contributed by atoms with Crippen molar-refractivity contribution >= 4 is 23.4 Å². The first-order valence-electron chi connectivity index (χ1n) is 11.9. The molecule has 0 aliphatic carbocycles. The predicted octanol–water partition coefficient (Wildman–Crippen LogP) is 3.55. The van der Waals surface area contributed by atoms with E-state index in [0.29, 0.717) is 31.0 Å². The van der Waals surface area contributed by atoms with Crippen LogP contribution < -0.4 is 14.5 Å². The van der Waals surface area contributed by atoms with Crippen LogP contribution in [0.15, 0.2) is 48.5 Å². The normalized spacial score (nSPS) is 23.1. The van der Waals surface area contributed by atoms with Gasteiger partial charge in [0.2, 0.25) is 0 Å². The number of ether oxygens (including phenoxy) is 3. The molecular formula is C26H31N3O5. The number of carbonyl (C=O) groups excluding carboxylic acids is 2. The smallest absolute Gasteiger partial charge is 0.415 e. The molecule has 3 saturated heterocycles. The lowest BCUT2D eigenvalue weighted by atomic mass is 10.0. The third kappa shape index (κ3) is 4.42. The number of hydrogen-bond acceptors (Lipinski definition) is 6. The Bertz CT molecular complexity index is 1040. The summed E-state index contributed by atoms with van der Waals surface area (Å²) in [5.41, 5.74) is 1.40. The zero-order valence-electron chi connectivity index (χ0n) is 19.6. The maximum Gasteiger partial charge on any atom is 0.415 e. The highest BCUT2D eigenvalue weighted by Crippen LogP contribution is 2.33. The lowest BCUT2D eigenvalue weighted by molar-refractivity contribution is -0.0140. The Morgan fingerprint density at radius 3 is 2.53 bits per heavy atom. The van der Waals surface area contributed by atoms with Crippen LogP contribution in [0.1, 0.15) is 29.6 Å². The van der Waals surface area contributed by atoms with Crippen molar-refractivity contribution in [2.75, 3.05) is 62.8 Å². The number of carbonyl (C=O) groups is 2. The number of piperidine rings is 1. The van der Waals surface area contributed by atoms with Crippen LogP contribution >= 0.6 is 0 Å². The molecule has 3 aliphatic rings. The molecule has 0 unspecified atom stereocenters. The summed E-state index contributed by atoms with van der Waals surface area (Å²) in [5.74, 6) is 0.397. The molecule has 2 aromatic rings. The van der Waals surface area contributed by atoms with Crippen LogP contribution in [0.25, 0.3) is 0 Å². The molecule has 5 rings (SSSR count). The summed E-state index contributed by atoms with van der Waals surface area (Å²) in [6, 6.07) is 15.2. The summed E-state index contributed by atoms with van der Waals surface area (Å²) < 4.78 is 17.2. The van der Waals surface area contributed by atoms with Gasteiger partial charge in [0.05, 0.1) is 39.0 Å². The van der Waals surface area contributed by atoms with Gasteiger partial charge in [-0.15, -0.1) is 0 Å². The molecule has 8 heteroatoms. The largest absolute Gasteiger partial charge is 0.496 e. The molecule has 3 aliphatic heterocycles. The van der Waals surface area contributed by atoms with Crippen molar-refractivity contribution in [3.05, 3.63) is 54.1 Å². The summed E-state index contributed by atoms with van der Waals surface area (Å²) >= 11 is 0. The van der Waals surface area contributed by atoms with E-state index in [9.17, 15) is 9.59 Å². The Labute approximate surface area is 200 Å². The first-order valence-corrected chi connectivity index (χ1v) is 11.9. The van der Waals surface area contributed by atoms with Crippen LogP contribution in [-0.2, 0) is 9.47 Å². The molecule has 2 amide bonds. The molecule has 0 aromatic heterocycles. The van der Waals surface area contributed by atoms with E-state index in [-0.39, 0.29) is 19.1 Å². The lowest BCUT2D eigenvalue weighted by Crippen LogP contribution is -2.49. The van der Waals surface area contributed by atoms with Crippen molar-refractivity contribution in [3.8, 4) is 5.75 Å². The minimum Gasteiger partial charge on any atom is -0.496 e. The fourth-order valence-electron chi connectivity index (χ4n) is 5.05. The maximum absolute atomic E-state index is 13.8. The fourth-order valence-corrected chi connectivity index (χ4v) is 5.05. The number of methoxy groups -OCH3 is 1. The van der Waals surface area contributed by atoms with Gasteiger partial charge >= 0.3 is 6.09 Å². The molecule has 0 saturated carbocycles. The van der Waals surface area contributed by atoms with Crippen molar-refractivity contribution in [1.29, 1.82) is 0 Å². The molecule has 8 nitrogen and oxygen atoms in total. The molecule has 1 spiro atoms. The molecule has 3 heterocycles. The average Bonchev–Trinajstić information content (AvgIpc) is 3.07. The predicted molar refractivity (Wildman–Crippen MR) is 129 cm³/mol. The minimum absolute atomic E-state index is 0.144. The van der Waals surface area contributed by atoms with Gasteiger partial charge < -0.3 is 24.0 Å². The second kappa shape index (κ2) is 9.54. The van der Waals surface area contributed by atoms with Gasteiger partial charge in [0.25, 0.3) is 5.91 Å². The Balaban J connectivity index is 1.39. The number of rotatable bonds is 4. The number of para-hydroxylation sites is 1. The molecule has 0 N–H and O–H groups in total. The van der Waals surface area contributed by atoms with Crippen LogP contribution in [0.3, 0.4) is 0 Å². The summed E-state index contributed by atoms with van der Waals surface area (Å²) in [6.07, 6.45) is 3.14.